The van der Waals surface area contributed by atoms with Crippen LogP contribution in [0, 0.1) is 0 Å². The van der Waals surface area contributed by atoms with E-state index < -0.39 is 0 Å². The van der Waals surface area contributed by atoms with Gasteiger partial charge in [0, 0.05) is 24.0 Å². The number of hydrogen-bond acceptors (Lipinski definition) is 3. The third-order valence-electron chi connectivity index (χ3n) is 4.28. The average Bonchev–Trinajstić information content (AvgIpc) is 2.96. The number of halogens is 1. The normalized spacial score (nSPS) is 21.2. The maximum absolute atomic E-state index is 9.13. The number of ether oxygens (including phenoxy) is 1. The molecule has 2 N–H and O–H groups in total. The molecule has 1 aromatic carbocycles. The molecule has 1 aromatic rings. The van der Waals surface area contributed by atoms with Gasteiger partial charge < -0.3 is 15.2 Å². The van der Waals surface area contributed by atoms with E-state index in [2.05, 4.69) is 18.3 Å². The van der Waals surface area contributed by atoms with Crippen LogP contribution in [-0.2, 0) is 6.42 Å². The average molecular weight is 326 g/mol. The smallest absolute Gasteiger partial charge is 0.121 e. The third-order valence-corrected chi connectivity index (χ3v) is 4.63. The Balaban J connectivity index is 1.79. The van der Waals surface area contributed by atoms with Crippen molar-refractivity contribution in [3.05, 3.63) is 28.8 Å². The Bertz CT molecular complexity index is 453. The monoisotopic (exact) mass is 325 g/mol. The van der Waals surface area contributed by atoms with Gasteiger partial charge in [0.15, 0.2) is 0 Å². The van der Waals surface area contributed by atoms with E-state index in [9.17, 15) is 0 Å². The van der Waals surface area contributed by atoms with Crippen LogP contribution < -0.4 is 10.1 Å². The highest BCUT2D eigenvalue weighted by Gasteiger charge is 2.24. The third kappa shape index (κ3) is 5.45. The minimum Gasteiger partial charge on any atom is -0.489 e. The van der Waals surface area contributed by atoms with Crippen molar-refractivity contribution in [3.8, 4) is 5.75 Å². The van der Waals surface area contributed by atoms with E-state index in [0.29, 0.717) is 0 Å². The molecule has 124 valence electrons. The largest absolute Gasteiger partial charge is 0.489 e. The summed E-state index contributed by atoms with van der Waals surface area (Å²) >= 11 is 6.38. The highest BCUT2D eigenvalue weighted by Crippen LogP contribution is 2.26. The van der Waals surface area contributed by atoms with Gasteiger partial charge >= 0.3 is 0 Å². The molecule has 4 heteroatoms. The number of nitrogens with one attached hydrogen (secondary N) is 1. The van der Waals surface area contributed by atoms with E-state index in [1.54, 1.807) is 0 Å². The van der Waals surface area contributed by atoms with E-state index in [4.69, 9.17) is 21.4 Å². The fourth-order valence-corrected chi connectivity index (χ4v) is 3.19. The lowest BCUT2D eigenvalue weighted by Gasteiger charge is -2.14. The zero-order chi connectivity index (χ0) is 15.8. The van der Waals surface area contributed by atoms with Gasteiger partial charge in [0.05, 0.1) is 6.61 Å². The van der Waals surface area contributed by atoms with Gasteiger partial charge in [0.1, 0.15) is 11.9 Å². The van der Waals surface area contributed by atoms with Gasteiger partial charge in [-0.25, -0.2) is 0 Å². The Hall–Kier alpha value is -0.770. The van der Waals surface area contributed by atoms with E-state index in [0.717, 1.165) is 30.2 Å². The molecule has 0 bridgehead atoms. The van der Waals surface area contributed by atoms with Crippen molar-refractivity contribution >= 4 is 11.6 Å². The lowest BCUT2D eigenvalue weighted by Crippen LogP contribution is -2.25. The van der Waals surface area contributed by atoms with Gasteiger partial charge in [0.2, 0.25) is 0 Å². The van der Waals surface area contributed by atoms with Gasteiger partial charge in [-0.1, -0.05) is 50.3 Å². The summed E-state index contributed by atoms with van der Waals surface area (Å²) < 4.78 is 5.94. The summed E-state index contributed by atoms with van der Waals surface area (Å²) in [4.78, 5) is 0. The topological polar surface area (TPSA) is 41.5 Å². The fraction of sp³-hybridized carbons (Fsp3) is 0.667. The van der Waals surface area contributed by atoms with Crippen molar-refractivity contribution in [2.75, 3.05) is 13.2 Å². The van der Waals surface area contributed by atoms with Crippen LogP contribution in [0.25, 0.3) is 0 Å². The first-order valence-electron chi connectivity index (χ1n) is 8.52. The summed E-state index contributed by atoms with van der Waals surface area (Å²) in [5.41, 5.74) is 1.21. The van der Waals surface area contributed by atoms with Crippen LogP contribution in [0.1, 0.15) is 51.0 Å². The van der Waals surface area contributed by atoms with Crippen molar-refractivity contribution in [1.29, 1.82) is 0 Å². The van der Waals surface area contributed by atoms with E-state index in [-0.39, 0.29) is 18.8 Å². The van der Waals surface area contributed by atoms with Gasteiger partial charge in [-0.15, -0.1) is 0 Å². The van der Waals surface area contributed by atoms with Gasteiger partial charge in [-0.2, -0.15) is 0 Å². The zero-order valence-electron chi connectivity index (χ0n) is 13.5. The molecule has 0 radical (unpaired) electrons. The van der Waals surface area contributed by atoms with Gasteiger partial charge in [-0.3, -0.25) is 0 Å². The lowest BCUT2D eigenvalue weighted by molar-refractivity contribution is 0.206. The summed E-state index contributed by atoms with van der Waals surface area (Å²) in [5, 5.41) is 13.2. The Kier molecular flexibility index (Phi) is 7.50. The maximum atomic E-state index is 9.13. The summed E-state index contributed by atoms with van der Waals surface area (Å²) in [5.74, 6) is 0.824. The summed E-state index contributed by atoms with van der Waals surface area (Å²) in [7, 11) is 0. The summed E-state index contributed by atoms with van der Waals surface area (Å²) in [6.45, 7) is 3.18. The Morgan fingerprint density at radius 3 is 2.77 bits per heavy atom. The highest BCUT2D eigenvalue weighted by molar-refractivity contribution is 6.31. The van der Waals surface area contributed by atoms with Gasteiger partial charge in [-0.05, 0) is 30.5 Å². The first kappa shape index (κ1) is 17.6. The number of benzene rings is 1. The quantitative estimate of drug-likeness (QED) is 0.675. The van der Waals surface area contributed by atoms with Crippen LogP contribution in [0.3, 0.4) is 0 Å². The van der Waals surface area contributed by atoms with Crippen LogP contribution >= 0.6 is 11.6 Å². The molecule has 1 heterocycles. The number of rotatable bonds is 9. The molecule has 2 atom stereocenters. The second-order valence-corrected chi connectivity index (χ2v) is 6.59. The Morgan fingerprint density at radius 1 is 1.27 bits per heavy atom. The minimum absolute atomic E-state index is 0.119. The molecular weight excluding hydrogens is 298 g/mol. The fourth-order valence-electron chi connectivity index (χ4n) is 2.93. The molecule has 0 amide bonds. The van der Waals surface area contributed by atoms with Crippen LogP contribution in [0.4, 0.5) is 0 Å². The summed E-state index contributed by atoms with van der Waals surface area (Å²) in [6.07, 6.45) is 8.39. The zero-order valence-corrected chi connectivity index (χ0v) is 14.2. The molecule has 1 saturated heterocycles. The molecule has 2 rings (SSSR count). The first-order valence-corrected chi connectivity index (χ1v) is 8.90. The number of hydrogen-bond donors (Lipinski definition) is 2. The van der Waals surface area contributed by atoms with Crippen molar-refractivity contribution in [2.24, 2.45) is 0 Å². The molecule has 0 spiro atoms. The molecule has 22 heavy (non-hydrogen) atoms. The highest BCUT2D eigenvalue weighted by atomic mass is 35.5. The van der Waals surface area contributed by atoms with Crippen molar-refractivity contribution < 1.29 is 9.84 Å². The predicted octanol–water partition coefficient (Wildman–Crippen LogP) is 3.95. The molecule has 1 fully saturated rings. The summed E-state index contributed by atoms with van der Waals surface area (Å²) in [6, 6.07) is 6.18. The van der Waals surface area contributed by atoms with E-state index in [1.165, 1.54) is 37.7 Å². The molecular formula is C18H28ClNO2. The predicted molar refractivity (Wildman–Crippen MR) is 91.8 cm³/mol. The molecule has 0 aliphatic carbocycles. The van der Waals surface area contributed by atoms with Crippen LogP contribution in [0.2, 0.25) is 5.02 Å². The number of aliphatic hydroxyl groups is 1. The van der Waals surface area contributed by atoms with Crippen LogP contribution in [0.5, 0.6) is 5.75 Å². The molecule has 0 saturated carbocycles. The second kappa shape index (κ2) is 9.39. The molecule has 0 aromatic heterocycles. The number of unbranched alkanes of at least 4 members (excludes halogenated alkanes) is 4. The molecule has 1 aliphatic rings. The van der Waals surface area contributed by atoms with Crippen molar-refractivity contribution in [3.63, 3.8) is 0 Å². The van der Waals surface area contributed by atoms with Crippen LogP contribution in [-0.4, -0.2) is 30.4 Å². The number of aryl methyl sites for hydroxylation is 1. The number of aliphatic hydroxyl groups excluding tert-OH is 1. The Labute approximate surface area is 139 Å². The molecule has 0 unspecified atom stereocenters. The van der Waals surface area contributed by atoms with Crippen LogP contribution in [0.15, 0.2) is 18.2 Å². The first-order chi connectivity index (χ1) is 10.7. The maximum Gasteiger partial charge on any atom is 0.121 e. The van der Waals surface area contributed by atoms with E-state index in [1.807, 2.05) is 12.1 Å². The SMILES string of the molecule is CCCCCCCc1ccc(O[C@H]2CN[C@@H](CO)C2)cc1Cl. The standard InChI is InChI=1S/C18H28ClNO2/c1-2-3-4-5-6-7-14-8-9-16(11-18(14)19)22-17-10-15(13-21)20-12-17/h8-9,11,15,17,20-21H,2-7,10,12-13H2,1H3/t15-,17-/m1/s1. The molecule has 3 nitrogen and oxygen atoms in total. The lowest BCUT2D eigenvalue weighted by atomic mass is 10.1. The van der Waals surface area contributed by atoms with Gasteiger partial charge in [0.25, 0.3) is 0 Å². The Morgan fingerprint density at radius 2 is 2.09 bits per heavy atom. The second-order valence-electron chi connectivity index (χ2n) is 6.18. The minimum atomic E-state index is 0.119. The van der Waals surface area contributed by atoms with Crippen molar-refractivity contribution in [2.45, 2.75) is 64.0 Å². The molecule has 1 aliphatic heterocycles. The van der Waals surface area contributed by atoms with Crippen molar-refractivity contribution in [1.82, 2.24) is 5.32 Å². The van der Waals surface area contributed by atoms with E-state index >= 15 is 0 Å².